The fourth-order valence-electron chi connectivity index (χ4n) is 3.69. The summed E-state index contributed by atoms with van der Waals surface area (Å²) in [5.41, 5.74) is 0.981. The Bertz CT molecular complexity index is 1260. The van der Waals surface area contributed by atoms with E-state index in [2.05, 4.69) is 4.98 Å². The van der Waals surface area contributed by atoms with E-state index in [0.717, 1.165) is 6.54 Å². The number of rotatable bonds is 8. The van der Waals surface area contributed by atoms with Gasteiger partial charge in [-0.15, -0.1) is 12.4 Å². The zero-order valence-electron chi connectivity index (χ0n) is 19.5. The molecule has 8 nitrogen and oxygen atoms in total. The van der Waals surface area contributed by atoms with Crippen LogP contribution in [0.5, 0.6) is 0 Å². The van der Waals surface area contributed by atoms with Crippen molar-refractivity contribution in [2.75, 3.05) is 58.4 Å². The van der Waals surface area contributed by atoms with Gasteiger partial charge in [-0.25, -0.2) is 17.8 Å². The molecule has 1 aliphatic rings. The maximum atomic E-state index is 13.7. The van der Waals surface area contributed by atoms with Crippen LogP contribution in [0.2, 0.25) is 0 Å². The summed E-state index contributed by atoms with van der Waals surface area (Å²) in [6.45, 7) is 2.54. The summed E-state index contributed by atoms with van der Waals surface area (Å²) in [6, 6.07) is 10.3. The highest BCUT2D eigenvalue weighted by Gasteiger charge is 2.27. The second kappa shape index (κ2) is 11.7. The number of sulfonamides is 1. The van der Waals surface area contributed by atoms with Crippen LogP contribution in [0.3, 0.4) is 0 Å². The molecule has 35 heavy (non-hydrogen) atoms. The van der Waals surface area contributed by atoms with Crippen molar-refractivity contribution in [3.8, 4) is 0 Å². The Balaban J connectivity index is 0.00000342. The molecule has 1 aliphatic heterocycles. The molecule has 1 amide bonds. The Hall–Kier alpha value is -2.15. The lowest BCUT2D eigenvalue weighted by Crippen LogP contribution is -2.40. The third-order valence-corrected chi connectivity index (χ3v) is 8.47. The van der Waals surface area contributed by atoms with E-state index in [9.17, 15) is 17.6 Å². The number of amides is 1. The van der Waals surface area contributed by atoms with Crippen LogP contribution in [0.1, 0.15) is 16.8 Å². The van der Waals surface area contributed by atoms with Gasteiger partial charge in [0.1, 0.15) is 5.82 Å². The van der Waals surface area contributed by atoms with Gasteiger partial charge < -0.3 is 9.64 Å². The zero-order valence-corrected chi connectivity index (χ0v) is 22.0. The molecule has 0 saturated carbocycles. The van der Waals surface area contributed by atoms with Crippen molar-refractivity contribution in [3.05, 3.63) is 53.8 Å². The molecular weight excluding hydrogens is 515 g/mol. The molecular formula is C23H28ClFN4O4S2. The number of aromatic nitrogens is 1. The van der Waals surface area contributed by atoms with Crippen LogP contribution < -0.4 is 4.90 Å². The van der Waals surface area contributed by atoms with Crippen LogP contribution in [0, 0.1) is 5.82 Å². The molecule has 2 aromatic carbocycles. The highest BCUT2D eigenvalue weighted by Crippen LogP contribution is 2.30. The summed E-state index contributed by atoms with van der Waals surface area (Å²) in [6.07, 6.45) is 0.715. The smallest absolute Gasteiger partial charge is 0.260 e. The summed E-state index contributed by atoms with van der Waals surface area (Å²) >= 11 is 1.25. The summed E-state index contributed by atoms with van der Waals surface area (Å²) in [7, 11) is 0.272. The molecule has 0 radical (unpaired) electrons. The highest BCUT2D eigenvalue weighted by atomic mass is 35.5. The van der Waals surface area contributed by atoms with Crippen molar-refractivity contribution >= 4 is 55.0 Å². The number of nitrogens with zero attached hydrogens (tertiary/aromatic N) is 4. The zero-order chi connectivity index (χ0) is 24.3. The first-order chi connectivity index (χ1) is 16.3. The number of fused-ring (bicyclic) bond motifs is 1. The van der Waals surface area contributed by atoms with E-state index in [0.29, 0.717) is 60.2 Å². The molecule has 4 rings (SSSR count). The van der Waals surface area contributed by atoms with Crippen LogP contribution in [0.4, 0.5) is 9.52 Å². The van der Waals surface area contributed by atoms with Gasteiger partial charge in [-0.1, -0.05) is 11.3 Å². The van der Waals surface area contributed by atoms with Gasteiger partial charge in [0.15, 0.2) is 5.13 Å². The Morgan fingerprint density at radius 1 is 1.11 bits per heavy atom. The highest BCUT2D eigenvalue weighted by molar-refractivity contribution is 7.89. The van der Waals surface area contributed by atoms with Crippen molar-refractivity contribution in [1.82, 2.24) is 14.2 Å². The van der Waals surface area contributed by atoms with E-state index in [4.69, 9.17) is 4.74 Å². The first kappa shape index (κ1) is 27.4. The van der Waals surface area contributed by atoms with Gasteiger partial charge in [0.05, 0.1) is 28.3 Å². The summed E-state index contributed by atoms with van der Waals surface area (Å²) < 4.78 is 46.7. The Labute approximate surface area is 214 Å². The number of anilines is 1. The summed E-state index contributed by atoms with van der Waals surface area (Å²) in [5, 5.41) is 0.481. The van der Waals surface area contributed by atoms with Gasteiger partial charge in [-0.05, 0) is 69.5 Å². The monoisotopic (exact) mass is 542 g/mol. The number of ether oxygens (including phenoxy) is 1. The maximum Gasteiger partial charge on any atom is 0.260 e. The lowest BCUT2D eigenvalue weighted by molar-refractivity contribution is 0.0730. The van der Waals surface area contributed by atoms with Gasteiger partial charge in [-0.3, -0.25) is 9.69 Å². The predicted octanol–water partition coefficient (Wildman–Crippen LogP) is 3.48. The van der Waals surface area contributed by atoms with Crippen molar-refractivity contribution in [2.45, 2.75) is 11.3 Å². The number of thiazole rings is 1. The molecule has 0 spiro atoms. The van der Waals surface area contributed by atoms with Gasteiger partial charge in [0.25, 0.3) is 5.91 Å². The first-order valence-corrected chi connectivity index (χ1v) is 13.2. The number of carbonyl (C=O) groups is 1. The third-order valence-electron chi connectivity index (χ3n) is 5.51. The molecule has 0 atom stereocenters. The van der Waals surface area contributed by atoms with E-state index >= 15 is 0 Å². The van der Waals surface area contributed by atoms with Crippen LogP contribution in [-0.4, -0.2) is 82.0 Å². The van der Waals surface area contributed by atoms with Crippen molar-refractivity contribution in [2.24, 2.45) is 0 Å². The molecule has 12 heteroatoms. The van der Waals surface area contributed by atoms with Crippen molar-refractivity contribution in [1.29, 1.82) is 0 Å². The lowest BCUT2D eigenvalue weighted by Gasteiger charge is -2.26. The van der Waals surface area contributed by atoms with E-state index < -0.39 is 10.0 Å². The van der Waals surface area contributed by atoms with Gasteiger partial charge >= 0.3 is 0 Å². The van der Waals surface area contributed by atoms with Crippen molar-refractivity contribution in [3.63, 3.8) is 0 Å². The number of benzene rings is 2. The Kier molecular flexibility index (Phi) is 9.19. The quantitative estimate of drug-likeness (QED) is 0.433. The van der Waals surface area contributed by atoms with Crippen molar-refractivity contribution < 1.29 is 22.3 Å². The molecule has 3 aromatic rings. The fraction of sp³-hybridized carbons (Fsp3) is 0.391. The number of hydrogen-bond acceptors (Lipinski definition) is 7. The topological polar surface area (TPSA) is 83.1 Å². The Morgan fingerprint density at radius 2 is 1.80 bits per heavy atom. The molecule has 1 aromatic heterocycles. The molecule has 0 bridgehead atoms. The van der Waals surface area contributed by atoms with E-state index in [1.165, 1.54) is 52.0 Å². The molecule has 1 fully saturated rings. The minimum absolute atomic E-state index is 0. The average Bonchev–Trinajstić information content (AvgIpc) is 3.24. The standard InChI is InChI=1S/C23H27FN4O4S2.ClH/c1-26(2)10-3-11-28(23-25-20-9-6-18(24)16-21(20)33-23)22(29)17-4-7-19(8-5-17)34(30,31)27-12-14-32-15-13-27;/h4-9,16H,3,10-15H2,1-2H3;1H. The molecule has 0 N–H and O–H groups in total. The fourth-order valence-corrected chi connectivity index (χ4v) is 6.11. The summed E-state index contributed by atoms with van der Waals surface area (Å²) in [4.78, 5) is 21.8. The van der Waals surface area contributed by atoms with E-state index in [1.807, 2.05) is 19.0 Å². The first-order valence-electron chi connectivity index (χ1n) is 11.0. The lowest BCUT2D eigenvalue weighted by atomic mass is 10.2. The number of carbonyl (C=O) groups excluding carboxylic acids is 1. The number of morpholine rings is 1. The van der Waals surface area contributed by atoms with Crippen LogP contribution in [0.25, 0.3) is 10.2 Å². The van der Waals surface area contributed by atoms with Gasteiger partial charge in [-0.2, -0.15) is 4.31 Å². The van der Waals surface area contributed by atoms with Gasteiger partial charge in [0.2, 0.25) is 10.0 Å². The van der Waals surface area contributed by atoms with Crippen LogP contribution in [0.15, 0.2) is 47.4 Å². The molecule has 190 valence electrons. The second-order valence-electron chi connectivity index (χ2n) is 8.26. The molecule has 1 saturated heterocycles. The average molecular weight is 543 g/mol. The second-order valence-corrected chi connectivity index (χ2v) is 11.2. The predicted molar refractivity (Wildman–Crippen MR) is 138 cm³/mol. The molecule has 0 aliphatic carbocycles. The number of hydrogen-bond donors (Lipinski definition) is 0. The number of halogens is 2. The normalized spacial score (nSPS) is 14.7. The van der Waals surface area contributed by atoms with Gasteiger partial charge in [0, 0.05) is 25.2 Å². The summed E-state index contributed by atoms with van der Waals surface area (Å²) in [5.74, 6) is -0.640. The van der Waals surface area contributed by atoms with E-state index in [-0.39, 0.29) is 29.0 Å². The largest absolute Gasteiger partial charge is 0.379 e. The SMILES string of the molecule is CN(C)CCCN(C(=O)c1ccc(S(=O)(=O)N2CCOCC2)cc1)c1nc2ccc(F)cc2s1.Cl. The molecule has 0 unspecified atom stereocenters. The third kappa shape index (κ3) is 6.35. The van der Waals surface area contributed by atoms with Crippen LogP contribution in [-0.2, 0) is 14.8 Å². The van der Waals surface area contributed by atoms with E-state index in [1.54, 1.807) is 11.0 Å². The maximum absolute atomic E-state index is 13.7. The molecule has 2 heterocycles. The minimum Gasteiger partial charge on any atom is -0.379 e. The van der Waals surface area contributed by atoms with Crippen LogP contribution >= 0.6 is 23.7 Å². The minimum atomic E-state index is -3.64. The Morgan fingerprint density at radius 3 is 2.46 bits per heavy atom.